The molecule has 0 fully saturated rings. The highest BCUT2D eigenvalue weighted by molar-refractivity contribution is 6.00. The minimum Gasteiger partial charge on any atom is -0.508 e. The smallest absolute Gasteiger partial charge is 0.337 e. The second-order valence-corrected chi connectivity index (χ2v) is 4.75. The van der Waals surface area contributed by atoms with Crippen molar-refractivity contribution in [3.05, 3.63) is 53.6 Å². The molecule has 0 saturated heterocycles. The summed E-state index contributed by atoms with van der Waals surface area (Å²) in [6.45, 7) is 0. The zero-order chi connectivity index (χ0) is 16.1. The molecule has 2 rings (SSSR count). The molecule has 4 N–H and O–H groups in total. The molecule has 0 atom stereocenters. The third kappa shape index (κ3) is 3.99. The number of aromatic carboxylic acids is 1. The summed E-state index contributed by atoms with van der Waals surface area (Å²) < 4.78 is 0. The number of hydrogen-bond donors (Lipinski definition) is 4. The van der Waals surface area contributed by atoms with E-state index in [1.54, 1.807) is 24.3 Å². The van der Waals surface area contributed by atoms with Gasteiger partial charge in [0.25, 0.3) is 0 Å². The Hall–Kier alpha value is -3.02. The van der Waals surface area contributed by atoms with Crippen molar-refractivity contribution >= 4 is 17.6 Å². The van der Waals surface area contributed by atoms with Gasteiger partial charge in [-0.1, -0.05) is 12.1 Å². The molecule has 1 amide bonds. The molecule has 2 aromatic carbocycles. The number of phenols is 2. The summed E-state index contributed by atoms with van der Waals surface area (Å²) in [5.74, 6) is -1.64. The molecule has 0 heterocycles. The van der Waals surface area contributed by atoms with Gasteiger partial charge < -0.3 is 20.6 Å². The zero-order valence-electron chi connectivity index (χ0n) is 11.6. The number of amides is 1. The van der Waals surface area contributed by atoms with Crippen molar-refractivity contribution in [1.29, 1.82) is 0 Å². The SMILES string of the molecule is O=C(CCc1cccc(O)c1)Nc1ccc(O)cc1C(=O)O. The van der Waals surface area contributed by atoms with Crippen LogP contribution < -0.4 is 5.32 Å². The average Bonchev–Trinajstić information content (AvgIpc) is 2.47. The van der Waals surface area contributed by atoms with Crippen LogP contribution in [0.15, 0.2) is 42.5 Å². The van der Waals surface area contributed by atoms with E-state index in [9.17, 15) is 19.8 Å². The summed E-state index contributed by atoms with van der Waals surface area (Å²) in [7, 11) is 0. The third-order valence-corrected chi connectivity index (χ3v) is 3.06. The standard InChI is InChI=1S/C16H15NO5/c18-11-3-1-2-10(8-11)4-7-15(20)17-14-6-5-12(19)9-13(14)16(21)22/h1-3,5-6,8-9,18-19H,4,7H2,(H,17,20)(H,21,22). The highest BCUT2D eigenvalue weighted by Crippen LogP contribution is 2.21. The molecule has 0 aliphatic carbocycles. The number of phenolic OH excluding ortho intramolecular Hbond substituents is 2. The normalized spacial score (nSPS) is 10.2. The summed E-state index contributed by atoms with van der Waals surface area (Å²) in [4.78, 5) is 23.0. The van der Waals surface area contributed by atoms with E-state index in [2.05, 4.69) is 5.32 Å². The zero-order valence-corrected chi connectivity index (χ0v) is 11.6. The van der Waals surface area contributed by atoms with Crippen molar-refractivity contribution in [2.24, 2.45) is 0 Å². The van der Waals surface area contributed by atoms with E-state index in [0.717, 1.165) is 11.6 Å². The Labute approximate surface area is 126 Å². The lowest BCUT2D eigenvalue weighted by Crippen LogP contribution is -2.15. The van der Waals surface area contributed by atoms with Crippen LogP contribution in [0.1, 0.15) is 22.3 Å². The first kappa shape index (κ1) is 15.4. The Bertz CT molecular complexity index is 711. The first-order valence-electron chi connectivity index (χ1n) is 6.60. The van der Waals surface area contributed by atoms with Crippen LogP contribution in [0.4, 0.5) is 5.69 Å². The van der Waals surface area contributed by atoms with E-state index in [1.165, 1.54) is 12.1 Å². The minimum absolute atomic E-state index is 0.129. The number of carboxylic acid groups (broad SMARTS) is 1. The number of benzene rings is 2. The van der Waals surface area contributed by atoms with Crippen molar-refractivity contribution in [2.75, 3.05) is 5.32 Å². The van der Waals surface area contributed by atoms with Gasteiger partial charge in [-0.05, 0) is 42.3 Å². The van der Waals surface area contributed by atoms with Gasteiger partial charge in [-0.25, -0.2) is 4.79 Å². The molecular weight excluding hydrogens is 286 g/mol. The highest BCUT2D eigenvalue weighted by Gasteiger charge is 2.13. The van der Waals surface area contributed by atoms with Crippen molar-refractivity contribution < 1.29 is 24.9 Å². The predicted molar refractivity (Wildman–Crippen MR) is 80.1 cm³/mol. The fourth-order valence-corrected chi connectivity index (χ4v) is 2.00. The molecule has 114 valence electrons. The Balaban J connectivity index is 2.02. The number of carbonyl (C=O) groups excluding carboxylic acids is 1. The number of aryl methyl sites for hydroxylation is 1. The summed E-state index contributed by atoms with van der Waals surface area (Å²) in [6, 6.07) is 10.3. The molecule has 6 nitrogen and oxygen atoms in total. The van der Waals surface area contributed by atoms with Crippen LogP contribution in [0.3, 0.4) is 0 Å². The maximum Gasteiger partial charge on any atom is 0.337 e. The molecule has 6 heteroatoms. The largest absolute Gasteiger partial charge is 0.508 e. The summed E-state index contributed by atoms with van der Waals surface area (Å²) in [6.07, 6.45) is 0.560. The Morgan fingerprint density at radius 3 is 2.41 bits per heavy atom. The molecule has 0 saturated carbocycles. The lowest BCUT2D eigenvalue weighted by atomic mass is 10.1. The monoisotopic (exact) mass is 301 g/mol. The Kier molecular flexibility index (Phi) is 4.63. The maximum atomic E-state index is 11.9. The van der Waals surface area contributed by atoms with E-state index in [4.69, 9.17) is 5.11 Å². The van der Waals surface area contributed by atoms with Gasteiger partial charge in [0.05, 0.1) is 11.3 Å². The second kappa shape index (κ2) is 6.62. The van der Waals surface area contributed by atoms with Gasteiger partial charge in [0.15, 0.2) is 0 Å². The molecule has 22 heavy (non-hydrogen) atoms. The Morgan fingerprint density at radius 2 is 1.73 bits per heavy atom. The molecule has 0 aliphatic heterocycles. The maximum absolute atomic E-state index is 11.9. The van der Waals surface area contributed by atoms with Crippen LogP contribution in [-0.4, -0.2) is 27.2 Å². The number of carboxylic acids is 1. The Morgan fingerprint density at radius 1 is 1.00 bits per heavy atom. The van der Waals surface area contributed by atoms with Crippen molar-refractivity contribution in [3.8, 4) is 11.5 Å². The van der Waals surface area contributed by atoms with Gasteiger partial charge in [0.1, 0.15) is 11.5 Å². The van der Waals surface area contributed by atoms with Crippen LogP contribution >= 0.6 is 0 Å². The van der Waals surface area contributed by atoms with E-state index >= 15 is 0 Å². The summed E-state index contributed by atoms with van der Waals surface area (Å²) in [5, 5.41) is 30.2. The van der Waals surface area contributed by atoms with Crippen molar-refractivity contribution in [3.63, 3.8) is 0 Å². The van der Waals surface area contributed by atoms with Gasteiger partial charge in [0, 0.05) is 6.42 Å². The average molecular weight is 301 g/mol. The first-order valence-corrected chi connectivity index (χ1v) is 6.60. The molecule has 0 radical (unpaired) electrons. The van der Waals surface area contributed by atoms with Crippen LogP contribution in [0.2, 0.25) is 0 Å². The van der Waals surface area contributed by atoms with E-state index in [0.29, 0.717) is 6.42 Å². The number of aromatic hydroxyl groups is 2. The molecule has 0 unspecified atom stereocenters. The van der Waals surface area contributed by atoms with Gasteiger partial charge >= 0.3 is 5.97 Å². The van der Waals surface area contributed by atoms with Gasteiger partial charge in [-0.15, -0.1) is 0 Å². The fraction of sp³-hybridized carbons (Fsp3) is 0.125. The lowest BCUT2D eigenvalue weighted by Gasteiger charge is -2.09. The quantitative estimate of drug-likeness (QED) is 0.634. The van der Waals surface area contributed by atoms with E-state index in [1.807, 2.05) is 0 Å². The van der Waals surface area contributed by atoms with Crippen LogP contribution in [0.5, 0.6) is 11.5 Å². The van der Waals surface area contributed by atoms with E-state index in [-0.39, 0.29) is 35.1 Å². The number of anilines is 1. The number of rotatable bonds is 5. The number of hydrogen-bond acceptors (Lipinski definition) is 4. The number of nitrogens with one attached hydrogen (secondary N) is 1. The third-order valence-electron chi connectivity index (χ3n) is 3.06. The molecule has 0 spiro atoms. The molecule has 0 bridgehead atoms. The minimum atomic E-state index is -1.24. The van der Waals surface area contributed by atoms with Gasteiger partial charge in [-0.3, -0.25) is 4.79 Å². The molecule has 2 aromatic rings. The summed E-state index contributed by atoms with van der Waals surface area (Å²) >= 11 is 0. The van der Waals surface area contributed by atoms with Crippen LogP contribution in [0, 0.1) is 0 Å². The first-order chi connectivity index (χ1) is 10.5. The molecule has 0 aliphatic rings. The van der Waals surface area contributed by atoms with Crippen molar-refractivity contribution in [2.45, 2.75) is 12.8 Å². The predicted octanol–water partition coefficient (Wildman–Crippen LogP) is 2.37. The highest BCUT2D eigenvalue weighted by atomic mass is 16.4. The number of carbonyl (C=O) groups is 2. The fourth-order valence-electron chi connectivity index (χ4n) is 2.00. The van der Waals surface area contributed by atoms with Crippen LogP contribution in [-0.2, 0) is 11.2 Å². The van der Waals surface area contributed by atoms with E-state index < -0.39 is 5.97 Å². The second-order valence-electron chi connectivity index (χ2n) is 4.75. The van der Waals surface area contributed by atoms with Crippen molar-refractivity contribution in [1.82, 2.24) is 0 Å². The van der Waals surface area contributed by atoms with Crippen LogP contribution in [0.25, 0.3) is 0 Å². The summed E-state index contributed by atoms with van der Waals surface area (Å²) in [5.41, 5.74) is 0.760. The van der Waals surface area contributed by atoms with Gasteiger partial charge in [0.2, 0.25) is 5.91 Å². The topological polar surface area (TPSA) is 107 Å². The molecular formula is C16H15NO5. The molecule has 0 aromatic heterocycles. The van der Waals surface area contributed by atoms with Gasteiger partial charge in [-0.2, -0.15) is 0 Å². The lowest BCUT2D eigenvalue weighted by molar-refractivity contribution is -0.116.